The minimum absolute atomic E-state index is 0.0233. The van der Waals surface area contributed by atoms with Crippen LogP contribution >= 0.6 is 0 Å². The zero-order chi connectivity index (χ0) is 31.4. The number of nitrogens with one attached hydrogen (secondary N) is 2. The van der Waals surface area contributed by atoms with E-state index in [9.17, 15) is 9.90 Å². The predicted octanol–water partition coefficient (Wildman–Crippen LogP) is 3.87. The van der Waals surface area contributed by atoms with E-state index >= 15 is 0 Å². The number of fused-ring (bicyclic) bond motifs is 1. The fourth-order valence-electron chi connectivity index (χ4n) is 5.56. The highest BCUT2D eigenvalue weighted by molar-refractivity contribution is 5.86. The van der Waals surface area contributed by atoms with E-state index in [1.54, 1.807) is 12.1 Å². The number of quaternary nitrogens is 1. The molecule has 1 aliphatic heterocycles. The number of amides is 1. The van der Waals surface area contributed by atoms with Crippen LogP contribution in [0.3, 0.4) is 0 Å². The van der Waals surface area contributed by atoms with Gasteiger partial charge in [-0.1, -0.05) is 25.0 Å². The normalized spacial score (nSPS) is 16.0. The van der Waals surface area contributed by atoms with Gasteiger partial charge in [-0.3, -0.25) is 9.69 Å². The number of phenols is 1. The summed E-state index contributed by atoms with van der Waals surface area (Å²) in [6, 6.07) is 7.68. The van der Waals surface area contributed by atoms with E-state index in [1.807, 2.05) is 18.2 Å². The van der Waals surface area contributed by atoms with Crippen molar-refractivity contribution in [2.75, 3.05) is 72.9 Å². The van der Waals surface area contributed by atoms with Crippen LogP contribution in [0.15, 0.2) is 24.3 Å². The Morgan fingerprint density at radius 1 is 1.14 bits per heavy atom. The molecule has 0 bridgehead atoms. The number of phenolic OH excluding ortho intramolecular Hbond substituents is 1. The average Bonchev–Trinajstić information content (AvgIpc) is 3.26. The zero-order valence-electron chi connectivity index (χ0n) is 27.0. The largest absolute Gasteiger partial charge is 0.507 e. The van der Waals surface area contributed by atoms with Crippen molar-refractivity contribution in [2.45, 2.75) is 64.5 Å². The first-order chi connectivity index (χ1) is 20.5. The van der Waals surface area contributed by atoms with Gasteiger partial charge >= 0.3 is 0 Å². The lowest BCUT2D eigenvalue weighted by Crippen LogP contribution is -2.40. The predicted molar refractivity (Wildman–Crippen MR) is 174 cm³/mol. The monoisotopic (exact) mass is 599 g/mol. The van der Waals surface area contributed by atoms with Crippen molar-refractivity contribution in [1.29, 1.82) is 0 Å². The molecule has 0 spiro atoms. The third kappa shape index (κ3) is 10.9. The Morgan fingerprint density at radius 2 is 1.86 bits per heavy atom. The first kappa shape index (κ1) is 34.4. The topological polar surface area (TPSA) is 139 Å². The summed E-state index contributed by atoms with van der Waals surface area (Å²) < 4.78 is 12.0. The lowest BCUT2D eigenvalue weighted by atomic mass is 9.89. The van der Waals surface area contributed by atoms with Gasteiger partial charge in [-0.15, -0.1) is 0 Å². The van der Waals surface area contributed by atoms with Crippen LogP contribution in [-0.4, -0.2) is 98.6 Å². The summed E-state index contributed by atoms with van der Waals surface area (Å²) in [6.45, 7) is 9.22. The molecule has 0 fully saturated rings. The van der Waals surface area contributed by atoms with Gasteiger partial charge in [-0.05, 0) is 50.5 Å². The number of aromatic hydroxyl groups is 1. The third-order valence-corrected chi connectivity index (χ3v) is 7.95. The average molecular weight is 600 g/mol. The molecule has 7 N–H and O–H groups in total. The van der Waals surface area contributed by atoms with Crippen LogP contribution in [0.1, 0.15) is 74.4 Å². The van der Waals surface area contributed by atoms with E-state index in [0.29, 0.717) is 62.5 Å². The molecule has 0 saturated carbocycles. The van der Waals surface area contributed by atoms with Gasteiger partial charge in [-0.2, -0.15) is 0 Å². The summed E-state index contributed by atoms with van der Waals surface area (Å²) in [6.07, 6.45) is 7.12. The minimum Gasteiger partial charge on any atom is -0.507 e. The third-order valence-electron chi connectivity index (χ3n) is 7.95. The molecule has 1 amide bonds. The lowest BCUT2D eigenvalue weighted by Gasteiger charge is -2.39. The maximum Gasteiger partial charge on any atom is 0.222 e. The maximum absolute atomic E-state index is 12.2. The quantitative estimate of drug-likeness (QED) is 0.130. The number of nitrogens with two attached hydrogens (primary N) is 2. The molecule has 0 radical (unpaired) electrons. The molecular weight excluding hydrogens is 544 g/mol. The number of aromatic amines is 1. The first-order valence-electron chi connectivity index (χ1n) is 15.7. The number of unbranched alkanes of at least 4 members (excludes halogenated alkanes) is 2. The number of nitrogens with zero attached hydrogens (tertiary/aromatic N) is 2. The Labute approximate surface area is 258 Å². The number of benzene rings is 1. The highest BCUT2D eigenvalue weighted by atomic mass is 16.5. The number of hydrogen-bond donors (Lipinski definition) is 5. The molecule has 1 unspecified atom stereocenters. The van der Waals surface area contributed by atoms with Crippen LogP contribution < -0.4 is 16.8 Å². The number of H-pyrrole nitrogens is 1. The van der Waals surface area contributed by atoms with Crippen molar-refractivity contribution in [1.82, 2.24) is 15.2 Å². The summed E-state index contributed by atoms with van der Waals surface area (Å²) in [5.74, 6) is 0.781. The Balaban J connectivity index is 1.45. The lowest BCUT2D eigenvalue weighted by molar-refractivity contribution is -0.870. The Kier molecular flexibility index (Phi) is 13.4. The van der Waals surface area contributed by atoms with Crippen LogP contribution in [0.4, 0.5) is 5.82 Å². The number of likely N-dealkylation sites (N-methyl/N-ethyl adjacent to an activating group) is 1. The second kappa shape index (κ2) is 16.7. The molecule has 2 heterocycles. The fraction of sp³-hybridized carbons (Fsp3) is 0.606. The molecule has 1 aromatic carbocycles. The molecule has 0 saturated heterocycles. The van der Waals surface area contributed by atoms with Gasteiger partial charge in [0.25, 0.3) is 0 Å². The van der Waals surface area contributed by atoms with Crippen molar-refractivity contribution >= 4 is 23.5 Å². The molecule has 10 nitrogen and oxygen atoms in total. The Morgan fingerprint density at radius 3 is 2.56 bits per heavy atom. The number of hydrogen-bond acceptors (Lipinski definition) is 7. The number of ether oxygens (including phenoxy) is 2. The second-order valence-corrected chi connectivity index (χ2v) is 12.7. The standard InChI is InChI=1S/C33H54N6O4/c1-24(2)38-17-14-28-32(26(33(35)37-28)23-27(34)25-11-8-9-13-30(25)40)29(38)12-7-6-10-16-36-31(41)15-19-42-21-22-43-20-18-39(3,4)5/h8-9,11,13,23-24,29,37H,6-7,10,12,14-22,34-35H2,1-5H3,(H-,36,40,41)/p+1/b27-23-. The summed E-state index contributed by atoms with van der Waals surface area (Å²) >= 11 is 0. The molecule has 3 rings (SSSR count). The van der Waals surface area contributed by atoms with Gasteiger partial charge < -0.3 is 40.8 Å². The minimum atomic E-state index is 0.0233. The highest BCUT2D eigenvalue weighted by Crippen LogP contribution is 2.40. The fourth-order valence-corrected chi connectivity index (χ4v) is 5.56. The highest BCUT2D eigenvalue weighted by Gasteiger charge is 2.33. The van der Waals surface area contributed by atoms with Gasteiger partial charge in [0, 0.05) is 60.5 Å². The van der Waals surface area contributed by atoms with Crippen LogP contribution in [0.2, 0.25) is 0 Å². The summed E-state index contributed by atoms with van der Waals surface area (Å²) in [4.78, 5) is 18.2. The van der Waals surface area contributed by atoms with Crippen molar-refractivity contribution < 1.29 is 23.9 Å². The second-order valence-electron chi connectivity index (χ2n) is 12.7. The molecule has 0 aliphatic carbocycles. The summed E-state index contributed by atoms with van der Waals surface area (Å²) in [5, 5.41) is 13.3. The van der Waals surface area contributed by atoms with Crippen molar-refractivity contribution in [3.8, 4) is 5.75 Å². The van der Waals surface area contributed by atoms with Crippen LogP contribution in [0.5, 0.6) is 5.75 Å². The van der Waals surface area contributed by atoms with Crippen molar-refractivity contribution in [3.63, 3.8) is 0 Å². The Hall–Kier alpha value is -3.05. The SMILES string of the molecule is CC(C)N1CCc2[nH]c(N)c(/C=C(\N)c3ccccc3O)c2C1CCCCCNC(=O)CCOCCOCC[N+](C)(C)C. The number of anilines is 1. The first-order valence-corrected chi connectivity index (χ1v) is 15.7. The number of carbonyl (C=O) groups excluding carboxylic acids is 1. The summed E-state index contributed by atoms with van der Waals surface area (Å²) in [7, 11) is 6.41. The van der Waals surface area contributed by atoms with E-state index in [-0.39, 0.29) is 17.7 Å². The van der Waals surface area contributed by atoms with Crippen molar-refractivity contribution in [3.05, 3.63) is 46.6 Å². The number of nitrogen functional groups attached to an aromatic ring is 1. The van der Waals surface area contributed by atoms with Gasteiger partial charge in [0.2, 0.25) is 5.91 Å². The van der Waals surface area contributed by atoms with E-state index in [0.717, 1.165) is 55.2 Å². The molecule has 43 heavy (non-hydrogen) atoms. The molecule has 240 valence electrons. The van der Waals surface area contributed by atoms with Gasteiger partial charge in [-0.25, -0.2) is 0 Å². The van der Waals surface area contributed by atoms with Crippen LogP contribution in [0.25, 0.3) is 11.8 Å². The maximum atomic E-state index is 12.2. The van der Waals surface area contributed by atoms with E-state index < -0.39 is 0 Å². The van der Waals surface area contributed by atoms with Crippen molar-refractivity contribution in [2.24, 2.45) is 5.73 Å². The molecule has 10 heteroatoms. The van der Waals surface area contributed by atoms with Gasteiger partial charge in [0.15, 0.2) is 0 Å². The van der Waals surface area contributed by atoms with Crippen LogP contribution in [-0.2, 0) is 20.7 Å². The van der Waals surface area contributed by atoms with E-state index in [1.165, 1.54) is 11.3 Å². The molecule has 2 aromatic rings. The number of aromatic nitrogens is 1. The number of carbonyl (C=O) groups is 1. The summed E-state index contributed by atoms with van der Waals surface area (Å²) in [5.41, 5.74) is 17.3. The zero-order valence-corrected chi connectivity index (χ0v) is 27.0. The van der Waals surface area contributed by atoms with E-state index in [2.05, 4.69) is 50.2 Å². The molecule has 1 aromatic heterocycles. The molecular formula is C33H55N6O4+. The number of para-hydroxylation sites is 1. The van der Waals surface area contributed by atoms with Gasteiger partial charge in [0.1, 0.15) is 18.1 Å². The van der Waals surface area contributed by atoms with E-state index in [4.69, 9.17) is 20.9 Å². The molecule has 1 atom stereocenters. The van der Waals surface area contributed by atoms with Crippen LogP contribution in [0, 0.1) is 0 Å². The smallest absolute Gasteiger partial charge is 0.222 e. The molecule has 1 aliphatic rings. The Bertz CT molecular complexity index is 1190. The number of rotatable bonds is 18. The van der Waals surface area contributed by atoms with Gasteiger partial charge in [0.05, 0.1) is 47.6 Å².